The Morgan fingerprint density at radius 2 is 1.60 bits per heavy atom. The number of fused-ring (bicyclic) bond motifs is 1. The van der Waals surface area contributed by atoms with Gasteiger partial charge in [-0.2, -0.15) is 0 Å². The molecule has 0 aromatic carbocycles. The van der Waals surface area contributed by atoms with Crippen LogP contribution in [0.3, 0.4) is 0 Å². The van der Waals surface area contributed by atoms with Gasteiger partial charge in [-0.1, -0.05) is 18.3 Å². The summed E-state index contributed by atoms with van der Waals surface area (Å²) in [5.41, 5.74) is 0.921. The second kappa shape index (κ2) is 9.70. The zero-order chi connectivity index (χ0) is 20.9. The first-order valence-corrected chi connectivity index (χ1v) is 11.7. The minimum atomic E-state index is 0.0820. The molecule has 2 aromatic rings. The van der Waals surface area contributed by atoms with Crippen LogP contribution in [-0.4, -0.2) is 95.4 Å². The minimum Gasteiger partial charge on any atom is -0.344 e. The molecular weight excluding hydrogens is 400 g/mol. The van der Waals surface area contributed by atoms with Crippen molar-refractivity contribution in [1.82, 2.24) is 24.7 Å². The van der Waals surface area contributed by atoms with Crippen molar-refractivity contribution in [3.05, 3.63) is 18.3 Å². The van der Waals surface area contributed by atoms with E-state index < -0.39 is 0 Å². The molecular formula is C21H30N6O2S. The van der Waals surface area contributed by atoms with E-state index in [4.69, 9.17) is 0 Å². The third-order valence-electron chi connectivity index (χ3n) is 5.88. The Morgan fingerprint density at radius 1 is 0.967 bits per heavy atom. The molecule has 2 aromatic heterocycles. The topological polar surface area (TPSA) is 72.9 Å². The summed E-state index contributed by atoms with van der Waals surface area (Å²) in [6, 6.07) is 3.87. The van der Waals surface area contributed by atoms with Crippen molar-refractivity contribution in [1.29, 1.82) is 0 Å². The van der Waals surface area contributed by atoms with Crippen LogP contribution in [0, 0.1) is 0 Å². The molecule has 162 valence electrons. The van der Waals surface area contributed by atoms with Gasteiger partial charge in [-0.15, -0.1) is 0 Å². The molecule has 2 amide bonds. The van der Waals surface area contributed by atoms with Gasteiger partial charge in [-0.25, -0.2) is 9.97 Å². The second-order valence-electron chi connectivity index (χ2n) is 7.91. The maximum absolute atomic E-state index is 12.6. The number of aromatic nitrogens is 2. The zero-order valence-electron chi connectivity index (χ0n) is 17.6. The molecule has 0 radical (unpaired) electrons. The Kier molecular flexibility index (Phi) is 6.79. The Labute approximate surface area is 181 Å². The van der Waals surface area contributed by atoms with E-state index in [9.17, 15) is 9.59 Å². The van der Waals surface area contributed by atoms with E-state index in [1.54, 1.807) is 17.5 Å². The van der Waals surface area contributed by atoms with Gasteiger partial charge in [0.2, 0.25) is 11.8 Å². The van der Waals surface area contributed by atoms with E-state index in [0.717, 1.165) is 67.7 Å². The van der Waals surface area contributed by atoms with Gasteiger partial charge in [0.05, 0.1) is 0 Å². The Morgan fingerprint density at radius 3 is 2.20 bits per heavy atom. The van der Waals surface area contributed by atoms with Gasteiger partial charge < -0.3 is 14.7 Å². The van der Waals surface area contributed by atoms with Gasteiger partial charge in [0.15, 0.2) is 5.13 Å². The molecule has 0 spiro atoms. The van der Waals surface area contributed by atoms with Gasteiger partial charge in [0.25, 0.3) is 0 Å². The molecule has 2 fully saturated rings. The summed E-state index contributed by atoms with van der Waals surface area (Å²) in [7, 11) is 0. The summed E-state index contributed by atoms with van der Waals surface area (Å²) in [5, 5.41) is 0.966. The van der Waals surface area contributed by atoms with Crippen molar-refractivity contribution in [3.63, 3.8) is 0 Å². The molecule has 0 unspecified atom stereocenters. The van der Waals surface area contributed by atoms with Crippen LogP contribution in [0.15, 0.2) is 18.3 Å². The van der Waals surface area contributed by atoms with Gasteiger partial charge in [-0.3, -0.25) is 14.5 Å². The van der Waals surface area contributed by atoms with Crippen LogP contribution < -0.4 is 4.90 Å². The summed E-state index contributed by atoms with van der Waals surface area (Å²) < 4.78 is 0. The van der Waals surface area contributed by atoms with Crippen LogP contribution in [-0.2, 0) is 9.59 Å². The number of carbonyl (C=O) groups excluding carboxylic acids is 2. The number of thiazole rings is 1. The number of anilines is 1. The Hall–Kier alpha value is -2.26. The molecule has 0 saturated carbocycles. The Balaban J connectivity index is 1.20. The highest BCUT2D eigenvalue weighted by Crippen LogP contribution is 2.27. The van der Waals surface area contributed by atoms with Gasteiger partial charge >= 0.3 is 0 Å². The third-order valence-corrected chi connectivity index (χ3v) is 6.92. The average Bonchev–Trinajstić information content (AvgIpc) is 3.22. The molecule has 8 nitrogen and oxygen atoms in total. The predicted octanol–water partition coefficient (Wildman–Crippen LogP) is 1.67. The lowest BCUT2D eigenvalue weighted by Crippen LogP contribution is -2.50. The van der Waals surface area contributed by atoms with Crippen molar-refractivity contribution in [2.24, 2.45) is 0 Å². The molecule has 0 bridgehead atoms. The van der Waals surface area contributed by atoms with Crippen molar-refractivity contribution >= 4 is 38.6 Å². The number of pyridine rings is 1. The highest BCUT2D eigenvalue weighted by molar-refractivity contribution is 7.21. The quantitative estimate of drug-likeness (QED) is 0.694. The van der Waals surface area contributed by atoms with Crippen LogP contribution >= 0.6 is 11.3 Å². The van der Waals surface area contributed by atoms with Crippen LogP contribution in [0.4, 0.5) is 5.13 Å². The fourth-order valence-corrected chi connectivity index (χ4v) is 5.07. The van der Waals surface area contributed by atoms with Crippen molar-refractivity contribution in [3.8, 4) is 0 Å². The fourth-order valence-electron chi connectivity index (χ4n) is 4.11. The molecule has 4 heterocycles. The smallest absolute Gasteiger partial charge is 0.223 e. The molecule has 4 rings (SSSR count). The monoisotopic (exact) mass is 430 g/mol. The summed E-state index contributed by atoms with van der Waals surface area (Å²) in [5.74, 6) is 0.193. The summed E-state index contributed by atoms with van der Waals surface area (Å²) in [6.07, 6.45) is 3.55. The first kappa shape index (κ1) is 21.0. The van der Waals surface area contributed by atoms with Crippen LogP contribution in [0.2, 0.25) is 0 Å². The molecule has 2 aliphatic rings. The van der Waals surface area contributed by atoms with E-state index in [1.165, 1.54) is 0 Å². The number of hydrogen-bond acceptors (Lipinski definition) is 7. The molecule has 0 atom stereocenters. The van der Waals surface area contributed by atoms with E-state index in [1.807, 2.05) is 21.9 Å². The largest absolute Gasteiger partial charge is 0.344 e. The second-order valence-corrected chi connectivity index (χ2v) is 8.87. The summed E-state index contributed by atoms with van der Waals surface area (Å²) in [6.45, 7) is 9.59. The van der Waals surface area contributed by atoms with Crippen molar-refractivity contribution < 1.29 is 9.59 Å². The maximum atomic E-state index is 12.6. The van der Waals surface area contributed by atoms with Crippen LogP contribution in [0.1, 0.15) is 26.2 Å². The maximum Gasteiger partial charge on any atom is 0.223 e. The highest BCUT2D eigenvalue weighted by Gasteiger charge is 2.25. The SMILES string of the molecule is CCCN1CCN(C(=O)CCC(=O)N2CCN(c3nc4cccnc4s3)CC2)CC1. The molecule has 0 N–H and O–H groups in total. The van der Waals surface area contributed by atoms with Crippen LogP contribution in [0.5, 0.6) is 0 Å². The first-order chi connectivity index (χ1) is 14.6. The minimum absolute atomic E-state index is 0.0820. The lowest BCUT2D eigenvalue weighted by molar-refractivity contribution is -0.138. The Bertz CT molecular complexity index is 838. The molecule has 2 aliphatic heterocycles. The summed E-state index contributed by atoms with van der Waals surface area (Å²) >= 11 is 1.59. The van der Waals surface area contributed by atoms with Gasteiger partial charge in [0.1, 0.15) is 10.3 Å². The van der Waals surface area contributed by atoms with Crippen LogP contribution in [0.25, 0.3) is 10.3 Å². The van der Waals surface area contributed by atoms with Crippen molar-refractivity contribution in [2.75, 3.05) is 63.8 Å². The molecule has 0 aliphatic carbocycles. The van der Waals surface area contributed by atoms with E-state index in [0.29, 0.717) is 25.9 Å². The standard InChI is InChI=1S/C21H30N6O2S/c1-2-8-24-9-11-25(12-10-24)18(28)5-6-19(29)26-13-15-27(16-14-26)21-23-17-4-3-7-22-20(17)30-21/h3-4,7H,2,5-6,8-16H2,1H3. The number of piperazine rings is 2. The normalized spacial score (nSPS) is 18.2. The number of carbonyl (C=O) groups is 2. The first-order valence-electron chi connectivity index (χ1n) is 10.9. The molecule has 2 saturated heterocycles. The number of hydrogen-bond donors (Lipinski definition) is 0. The zero-order valence-corrected chi connectivity index (χ0v) is 18.4. The molecule has 30 heavy (non-hydrogen) atoms. The average molecular weight is 431 g/mol. The van der Waals surface area contributed by atoms with E-state index in [-0.39, 0.29) is 11.8 Å². The van der Waals surface area contributed by atoms with Gasteiger partial charge in [-0.05, 0) is 25.1 Å². The number of amides is 2. The lowest BCUT2D eigenvalue weighted by atomic mass is 10.2. The van der Waals surface area contributed by atoms with E-state index >= 15 is 0 Å². The van der Waals surface area contributed by atoms with Crippen molar-refractivity contribution in [2.45, 2.75) is 26.2 Å². The summed E-state index contributed by atoms with van der Waals surface area (Å²) in [4.78, 5) is 43.5. The predicted molar refractivity (Wildman–Crippen MR) is 119 cm³/mol. The fraction of sp³-hybridized carbons (Fsp3) is 0.619. The lowest BCUT2D eigenvalue weighted by Gasteiger charge is -2.35. The highest BCUT2D eigenvalue weighted by atomic mass is 32.1. The number of nitrogens with zero attached hydrogens (tertiary/aromatic N) is 6. The van der Waals surface area contributed by atoms with Gasteiger partial charge in [0, 0.05) is 71.4 Å². The number of rotatable bonds is 6. The molecule has 9 heteroatoms. The van der Waals surface area contributed by atoms with E-state index in [2.05, 4.69) is 26.7 Å². The third kappa shape index (κ3) is 4.89.